The molecular formula is C14H18N4O. The van der Waals surface area contributed by atoms with E-state index in [-0.39, 0.29) is 5.91 Å². The van der Waals surface area contributed by atoms with Gasteiger partial charge in [-0.1, -0.05) is 0 Å². The first-order valence-electron chi connectivity index (χ1n) is 6.66. The van der Waals surface area contributed by atoms with Gasteiger partial charge in [0.25, 0.3) is 0 Å². The quantitative estimate of drug-likeness (QED) is 0.856. The summed E-state index contributed by atoms with van der Waals surface area (Å²) in [6.45, 7) is 2.15. The van der Waals surface area contributed by atoms with Crippen molar-refractivity contribution in [1.29, 1.82) is 0 Å². The van der Waals surface area contributed by atoms with Crippen molar-refractivity contribution < 1.29 is 4.79 Å². The first kappa shape index (κ1) is 12.2. The predicted octanol–water partition coefficient (Wildman–Crippen LogP) is 0.913. The van der Waals surface area contributed by atoms with Crippen LogP contribution in [0.2, 0.25) is 0 Å². The van der Waals surface area contributed by atoms with E-state index in [1.165, 1.54) is 0 Å². The van der Waals surface area contributed by atoms with Crippen molar-refractivity contribution in [2.24, 2.45) is 11.7 Å². The van der Waals surface area contributed by atoms with Crippen LogP contribution in [0.25, 0.3) is 11.0 Å². The molecule has 0 spiro atoms. The molecule has 3 heterocycles. The third-order valence-corrected chi connectivity index (χ3v) is 3.76. The molecule has 0 radical (unpaired) electrons. The van der Waals surface area contributed by atoms with Crippen LogP contribution in [0.15, 0.2) is 24.5 Å². The van der Waals surface area contributed by atoms with E-state index in [1.54, 1.807) is 0 Å². The number of nitrogens with zero attached hydrogens (tertiary/aromatic N) is 2. The Bertz CT molecular complexity index is 592. The van der Waals surface area contributed by atoms with Crippen molar-refractivity contribution in [3.63, 3.8) is 0 Å². The molecule has 1 aliphatic heterocycles. The van der Waals surface area contributed by atoms with Crippen LogP contribution in [0.3, 0.4) is 0 Å². The summed E-state index contributed by atoms with van der Waals surface area (Å²) < 4.78 is 0. The second-order valence-electron chi connectivity index (χ2n) is 5.15. The van der Waals surface area contributed by atoms with E-state index in [1.807, 2.05) is 23.4 Å². The molecule has 1 fully saturated rings. The van der Waals surface area contributed by atoms with E-state index < -0.39 is 0 Å². The van der Waals surface area contributed by atoms with Crippen molar-refractivity contribution in [1.82, 2.24) is 14.9 Å². The first-order chi connectivity index (χ1) is 9.26. The van der Waals surface area contributed by atoms with E-state index in [0.29, 0.717) is 18.9 Å². The molecule has 0 aromatic carbocycles. The Morgan fingerprint density at radius 3 is 3.21 bits per heavy atom. The summed E-state index contributed by atoms with van der Waals surface area (Å²) in [5.41, 5.74) is 7.69. The van der Waals surface area contributed by atoms with Gasteiger partial charge in [0.1, 0.15) is 5.65 Å². The number of rotatable bonds is 4. The van der Waals surface area contributed by atoms with Gasteiger partial charge in [-0.2, -0.15) is 0 Å². The summed E-state index contributed by atoms with van der Waals surface area (Å²) in [5.74, 6) is 0.559. The molecule has 1 unspecified atom stereocenters. The molecule has 100 valence electrons. The highest BCUT2D eigenvalue weighted by molar-refractivity contribution is 5.78. The normalized spacial score (nSPS) is 19.5. The maximum absolute atomic E-state index is 11.8. The van der Waals surface area contributed by atoms with Gasteiger partial charge in [-0.05, 0) is 36.6 Å². The fourth-order valence-corrected chi connectivity index (χ4v) is 2.61. The lowest BCUT2D eigenvalue weighted by Gasteiger charge is -2.16. The number of nitrogens with one attached hydrogen (secondary N) is 1. The fraction of sp³-hybridized carbons (Fsp3) is 0.429. The molecule has 0 aliphatic carbocycles. The molecule has 5 heteroatoms. The average Bonchev–Trinajstić information content (AvgIpc) is 3.02. The molecule has 1 saturated heterocycles. The van der Waals surface area contributed by atoms with Gasteiger partial charge in [0.2, 0.25) is 5.91 Å². The number of hydrogen-bond donors (Lipinski definition) is 2. The molecule has 0 bridgehead atoms. The van der Waals surface area contributed by atoms with Gasteiger partial charge in [-0.15, -0.1) is 0 Å². The summed E-state index contributed by atoms with van der Waals surface area (Å²) in [7, 11) is 0. The van der Waals surface area contributed by atoms with Gasteiger partial charge in [0.05, 0.1) is 0 Å². The van der Waals surface area contributed by atoms with Crippen LogP contribution >= 0.6 is 0 Å². The third kappa shape index (κ3) is 2.46. The van der Waals surface area contributed by atoms with Crippen LogP contribution < -0.4 is 5.73 Å². The van der Waals surface area contributed by atoms with Crippen LogP contribution in [0.1, 0.15) is 12.0 Å². The number of hydrogen-bond acceptors (Lipinski definition) is 3. The second-order valence-corrected chi connectivity index (χ2v) is 5.15. The Morgan fingerprint density at radius 2 is 2.42 bits per heavy atom. The van der Waals surface area contributed by atoms with E-state index in [4.69, 9.17) is 5.73 Å². The van der Waals surface area contributed by atoms with Crippen molar-refractivity contribution >= 4 is 16.9 Å². The number of fused-ring (bicyclic) bond motifs is 1. The Balaban J connectivity index is 1.64. The van der Waals surface area contributed by atoms with Crippen LogP contribution in [0, 0.1) is 5.92 Å². The summed E-state index contributed by atoms with van der Waals surface area (Å²) in [5, 5.41) is 1.12. The number of carbonyl (C=O) groups excluding carboxylic acids is 1. The fourth-order valence-electron chi connectivity index (χ4n) is 2.61. The van der Waals surface area contributed by atoms with Crippen molar-refractivity contribution in [2.75, 3.05) is 19.6 Å². The number of aromatic nitrogens is 2. The molecule has 3 rings (SSSR count). The number of likely N-dealkylation sites (tertiary alicyclic amines) is 1. The second kappa shape index (κ2) is 5.01. The zero-order valence-corrected chi connectivity index (χ0v) is 10.8. The number of pyridine rings is 1. The molecule has 2 aromatic heterocycles. The Kier molecular flexibility index (Phi) is 3.21. The minimum Gasteiger partial charge on any atom is -0.346 e. The van der Waals surface area contributed by atoms with Crippen LogP contribution in [0.5, 0.6) is 0 Å². The molecule has 19 heavy (non-hydrogen) atoms. The monoisotopic (exact) mass is 258 g/mol. The zero-order valence-electron chi connectivity index (χ0n) is 10.8. The van der Waals surface area contributed by atoms with Gasteiger partial charge in [0, 0.05) is 37.3 Å². The first-order valence-corrected chi connectivity index (χ1v) is 6.66. The molecule has 3 N–H and O–H groups in total. The van der Waals surface area contributed by atoms with Gasteiger partial charge in [-0.3, -0.25) is 4.79 Å². The lowest BCUT2D eigenvalue weighted by atomic mass is 10.1. The summed E-state index contributed by atoms with van der Waals surface area (Å²) in [4.78, 5) is 21.1. The molecule has 1 aliphatic rings. The number of carbonyl (C=O) groups is 1. The van der Waals surface area contributed by atoms with Gasteiger partial charge in [-0.25, -0.2) is 4.98 Å². The number of nitrogens with two attached hydrogens (primary N) is 1. The Morgan fingerprint density at radius 1 is 1.53 bits per heavy atom. The largest absolute Gasteiger partial charge is 0.346 e. The van der Waals surface area contributed by atoms with Crippen LogP contribution in [0.4, 0.5) is 0 Å². The standard InChI is InChI=1S/C14H18N4O/c15-7-11-6-13(19)18(9-11)4-2-10-5-12-1-3-16-14(12)17-8-10/h1,3,5,8,11H,2,4,6-7,9,15H2,(H,16,17). The number of amides is 1. The topological polar surface area (TPSA) is 75.0 Å². The summed E-state index contributed by atoms with van der Waals surface area (Å²) >= 11 is 0. The predicted molar refractivity (Wildman–Crippen MR) is 73.5 cm³/mol. The molecule has 0 saturated carbocycles. The van der Waals surface area contributed by atoms with Crippen molar-refractivity contribution in [2.45, 2.75) is 12.8 Å². The minimum absolute atomic E-state index is 0.228. The van der Waals surface area contributed by atoms with E-state index in [0.717, 1.165) is 36.1 Å². The molecule has 2 aromatic rings. The maximum atomic E-state index is 11.8. The maximum Gasteiger partial charge on any atom is 0.222 e. The lowest BCUT2D eigenvalue weighted by Crippen LogP contribution is -2.28. The van der Waals surface area contributed by atoms with Gasteiger partial charge < -0.3 is 15.6 Å². The van der Waals surface area contributed by atoms with Crippen LogP contribution in [-0.4, -0.2) is 40.4 Å². The van der Waals surface area contributed by atoms with Gasteiger partial charge >= 0.3 is 0 Å². The molecule has 5 nitrogen and oxygen atoms in total. The number of aromatic amines is 1. The molecular weight excluding hydrogens is 240 g/mol. The lowest BCUT2D eigenvalue weighted by molar-refractivity contribution is -0.127. The minimum atomic E-state index is 0.228. The van der Waals surface area contributed by atoms with Crippen molar-refractivity contribution in [3.8, 4) is 0 Å². The molecule has 1 amide bonds. The average molecular weight is 258 g/mol. The summed E-state index contributed by atoms with van der Waals surface area (Å²) in [6.07, 6.45) is 5.21. The Hall–Kier alpha value is -1.88. The Labute approximate surface area is 111 Å². The van der Waals surface area contributed by atoms with E-state index >= 15 is 0 Å². The van der Waals surface area contributed by atoms with E-state index in [9.17, 15) is 4.79 Å². The zero-order chi connectivity index (χ0) is 13.2. The van der Waals surface area contributed by atoms with E-state index in [2.05, 4.69) is 16.0 Å². The summed E-state index contributed by atoms with van der Waals surface area (Å²) in [6, 6.07) is 4.14. The highest BCUT2D eigenvalue weighted by Gasteiger charge is 2.27. The SMILES string of the molecule is NCC1CC(=O)N(CCc2cnc3[nH]ccc3c2)C1. The van der Waals surface area contributed by atoms with Crippen LogP contribution in [-0.2, 0) is 11.2 Å². The smallest absolute Gasteiger partial charge is 0.222 e. The molecule has 1 atom stereocenters. The highest BCUT2D eigenvalue weighted by Crippen LogP contribution is 2.17. The van der Waals surface area contributed by atoms with Gasteiger partial charge in [0.15, 0.2) is 0 Å². The van der Waals surface area contributed by atoms with Crippen molar-refractivity contribution in [3.05, 3.63) is 30.1 Å². The highest BCUT2D eigenvalue weighted by atomic mass is 16.2. The third-order valence-electron chi connectivity index (χ3n) is 3.76. The number of H-pyrrole nitrogens is 1.